The van der Waals surface area contributed by atoms with E-state index in [9.17, 15) is 9.90 Å². The summed E-state index contributed by atoms with van der Waals surface area (Å²) in [6, 6.07) is 15.6. The van der Waals surface area contributed by atoms with Gasteiger partial charge in [0.05, 0.1) is 12.1 Å². The summed E-state index contributed by atoms with van der Waals surface area (Å²) in [6.45, 7) is -0.533. The highest BCUT2D eigenvalue weighted by Gasteiger charge is 2.18. The summed E-state index contributed by atoms with van der Waals surface area (Å²) in [6.07, 6.45) is 0. The number of fused-ring (bicyclic) bond motifs is 1. The van der Waals surface area contributed by atoms with E-state index in [2.05, 4.69) is 15.3 Å². The van der Waals surface area contributed by atoms with Gasteiger partial charge in [-0.3, -0.25) is 0 Å². The Labute approximate surface area is 132 Å². The molecule has 0 aliphatic heterocycles. The molecule has 0 amide bonds. The monoisotopic (exact) mass is 309 g/mol. The lowest BCUT2D eigenvalue weighted by molar-refractivity contribution is -0.138. The van der Waals surface area contributed by atoms with Crippen molar-refractivity contribution in [1.82, 2.24) is 9.97 Å². The molecule has 3 aromatic rings. The molecule has 3 rings (SSSR count). The Balaban J connectivity index is 2.13. The first-order valence-electron chi connectivity index (χ1n) is 7.11. The zero-order valence-corrected chi connectivity index (χ0v) is 12.2. The maximum Gasteiger partial charge on any atom is 0.328 e. The van der Waals surface area contributed by atoms with Crippen LogP contribution in [0, 0.1) is 0 Å². The molecular formula is C17H15N3O3. The number of aliphatic carboxylic acids is 1. The number of aliphatic hydroxyl groups excluding tert-OH is 1. The van der Waals surface area contributed by atoms with Crippen molar-refractivity contribution in [2.75, 3.05) is 11.9 Å². The zero-order valence-electron chi connectivity index (χ0n) is 12.2. The van der Waals surface area contributed by atoms with Gasteiger partial charge in [-0.05, 0) is 12.1 Å². The molecular weight excluding hydrogens is 294 g/mol. The van der Waals surface area contributed by atoms with Gasteiger partial charge in [-0.25, -0.2) is 14.8 Å². The number of carboxylic acids is 1. The molecule has 1 unspecified atom stereocenters. The SMILES string of the molecule is O=C(O)C(CO)Nc1nc(-c2ccccc2)nc2ccccc12. The number of carboxylic acid groups (broad SMARTS) is 1. The fourth-order valence-corrected chi connectivity index (χ4v) is 2.25. The summed E-state index contributed by atoms with van der Waals surface area (Å²) in [4.78, 5) is 20.1. The second kappa shape index (κ2) is 6.41. The molecule has 1 heterocycles. The average molecular weight is 309 g/mol. The molecule has 0 saturated carbocycles. The van der Waals surface area contributed by atoms with E-state index in [4.69, 9.17) is 5.11 Å². The number of nitrogens with zero attached hydrogens (tertiary/aromatic N) is 2. The third-order valence-corrected chi connectivity index (χ3v) is 3.43. The minimum Gasteiger partial charge on any atom is -0.480 e. The van der Waals surface area contributed by atoms with Crippen LogP contribution in [-0.4, -0.2) is 38.8 Å². The van der Waals surface area contributed by atoms with E-state index in [0.717, 1.165) is 5.56 Å². The molecule has 0 spiro atoms. The van der Waals surface area contributed by atoms with Crippen LogP contribution in [0.15, 0.2) is 54.6 Å². The predicted molar refractivity (Wildman–Crippen MR) is 87.1 cm³/mol. The molecule has 116 valence electrons. The van der Waals surface area contributed by atoms with Gasteiger partial charge in [-0.15, -0.1) is 0 Å². The number of rotatable bonds is 5. The van der Waals surface area contributed by atoms with Gasteiger partial charge in [0.25, 0.3) is 0 Å². The Morgan fingerprint density at radius 3 is 2.43 bits per heavy atom. The Morgan fingerprint density at radius 2 is 1.74 bits per heavy atom. The molecule has 2 aromatic carbocycles. The van der Waals surface area contributed by atoms with Crippen LogP contribution >= 0.6 is 0 Å². The van der Waals surface area contributed by atoms with Gasteiger partial charge >= 0.3 is 5.97 Å². The standard InChI is InChI=1S/C17H15N3O3/c21-10-14(17(22)23)19-16-12-8-4-5-9-13(12)18-15(20-16)11-6-2-1-3-7-11/h1-9,14,21H,10H2,(H,22,23)(H,18,19,20). The molecule has 0 saturated heterocycles. The Bertz CT molecular complexity index is 837. The third-order valence-electron chi connectivity index (χ3n) is 3.43. The Kier molecular flexibility index (Phi) is 4.16. The first-order chi connectivity index (χ1) is 11.2. The molecule has 1 atom stereocenters. The minimum atomic E-state index is -1.14. The summed E-state index contributed by atoms with van der Waals surface area (Å²) < 4.78 is 0. The summed E-state index contributed by atoms with van der Waals surface area (Å²) in [5.74, 6) is -0.263. The van der Waals surface area contributed by atoms with Gasteiger partial charge in [0.15, 0.2) is 5.82 Å². The number of aliphatic hydroxyl groups is 1. The van der Waals surface area contributed by atoms with Crippen molar-refractivity contribution in [3.63, 3.8) is 0 Å². The lowest BCUT2D eigenvalue weighted by atomic mass is 10.1. The first-order valence-corrected chi connectivity index (χ1v) is 7.11. The smallest absolute Gasteiger partial charge is 0.328 e. The number of aromatic nitrogens is 2. The number of hydrogen-bond acceptors (Lipinski definition) is 5. The summed E-state index contributed by atoms with van der Waals surface area (Å²) in [5, 5.41) is 21.8. The van der Waals surface area contributed by atoms with Crippen LogP contribution in [-0.2, 0) is 4.79 Å². The normalized spacial score (nSPS) is 12.0. The number of benzene rings is 2. The molecule has 0 radical (unpaired) electrons. The van der Waals surface area contributed by atoms with E-state index in [1.165, 1.54) is 0 Å². The van der Waals surface area contributed by atoms with Crippen molar-refractivity contribution >= 4 is 22.7 Å². The molecule has 6 nitrogen and oxygen atoms in total. The zero-order chi connectivity index (χ0) is 16.2. The van der Waals surface area contributed by atoms with Gasteiger partial charge in [-0.2, -0.15) is 0 Å². The van der Waals surface area contributed by atoms with E-state index in [-0.39, 0.29) is 0 Å². The number of carbonyl (C=O) groups is 1. The second-order valence-electron chi connectivity index (χ2n) is 5.00. The van der Waals surface area contributed by atoms with E-state index in [1.807, 2.05) is 54.6 Å². The molecule has 0 bridgehead atoms. The van der Waals surface area contributed by atoms with E-state index < -0.39 is 18.6 Å². The maximum atomic E-state index is 11.2. The van der Waals surface area contributed by atoms with Crippen LogP contribution in [0.25, 0.3) is 22.3 Å². The predicted octanol–water partition coefficient (Wildman–Crippen LogP) is 2.15. The molecule has 0 aliphatic rings. The van der Waals surface area contributed by atoms with Gasteiger partial charge in [0.2, 0.25) is 0 Å². The van der Waals surface area contributed by atoms with Gasteiger partial charge in [0, 0.05) is 10.9 Å². The largest absolute Gasteiger partial charge is 0.480 e. The van der Waals surface area contributed by atoms with Crippen LogP contribution in [0.1, 0.15) is 0 Å². The third kappa shape index (κ3) is 3.12. The number of anilines is 1. The summed E-state index contributed by atoms with van der Waals surface area (Å²) in [5.41, 5.74) is 1.53. The Hall–Kier alpha value is -2.99. The van der Waals surface area contributed by atoms with Crippen molar-refractivity contribution in [3.8, 4) is 11.4 Å². The molecule has 23 heavy (non-hydrogen) atoms. The van der Waals surface area contributed by atoms with Crippen molar-refractivity contribution < 1.29 is 15.0 Å². The van der Waals surface area contributed by atoms with Crippen molar-refractivity contribution in [2.24, 2.45) is 0 Å². The highest BCUT2D eigenvalue weighted by atomic mass is 16.4. The molecule has 0 fully saturated rings. The lowest BCUT2D eigenvalue weighted by Crippen LogP contribution is -2.33. The van der Waals surface area contributed by atoms with Crippen molar-refractivity contribution in [3.05, 3.63) is 54.6 Å². The molecule has 3 N–H and O–H groups in total. The topological polar surface area (TPSA) is 95.3 Å². The Morgan fingerprint density at radius 1 is 1.04 bits per heavy atom. The van der Waals surface area contributed by atoms with Gasteiger partial charge in [-0.1, -0.05) is 42.5 Å². The molecule has 6 heteroatoms. The average Bonchev–Trinajstić information content (AvgIpc) is 2.59. The number of nitrogens with one attached hydrogen (secondary N) is 1. The van der Waals surface area contributed by atoms with Crippen LogP contribution in [0.5, 0.6) is 0 Å². The second-order valence-corrected chi connectivity index (χ2v) is 5.00. The van der Waals surface area contributed by atoms with Crippen molar-refractivity contribution in [2.45, 2.75) is 6.04 Å². The number of hydrogen-bond donors (Lipinski definition) is 3. The van der Waals surface area contributed by atoms with Crippen LogP contribution in [0.3, 0.4) is 0 Å². The minimum absolute atomic E-state index is 0.385. The highest BCUT2D eigenvalue weighted by molar-refractivity contribution is 5.92. The fourth-order valence-electron chi connectivity index (χ4n) is 2.25. The van der Waals surface area contributed by atoms with E-state index in [0.29, 0.717) is 22.5 Å². The van der Waals surface area contributed by atoms with Crippen LogP contribution in [0.4, 0.5) is 5.82 Å². The van der Waals surface area contributed by atoms with Crippen molar-refractivity contribution in [1.29, 1.82) is 0 Å². The highest BCUT2D eigenvalue weighted by Crippen LogP contribution is 2.25. The van der Waals surface area contributed by atoms with Crippen LogP contribution < -0.4 is 5.32 Å². The summed E-state index contributed by atoms with van der Waals surface area (Å²) >= 11 is 0. The van der Waals surface area contributed by atoms with Crippen LogP contribution in [0.2, 0.25) is 0 Å². The fraction of sp³-hybridized carbons (Fsp3) is 0.118. The van der Waals surface area contributed by atoms with Gasteiger partial charge in [0.1, 0.15) is 11.9 Å². The summed E-state index contributed by atoms with van der Waals surface area (Å²) in [7, 11) is 0. The molecule has 1 aromatic heterocycles. The first kappa shape index (κ1) is 14.9. The quantitative estimate of drug-likeness (QED) is 0.668. The molecule has 0 aliphatic carbocycles. The number of para-hydroxylation sites is 1. The van der Waals surface area contributed by atoms with E-state index in [1.54, 1.807) is 0 Å². The lowest BCUT2D eigenvalue weighted by Gasteiger charge is -2.15. The maximum absolute atomic E-state index is 11.2. The van der Waals surface area contributed by atoms with Gasteiger partial charge < -0.3 is 15.5 Å². The van der Waals surface area contributed by atoms with E-state index >= 15 is 0 Å².